The lowest BCUT2D eigenvalue weighted by Crippen LogP contribution is -2.54. The number of ether oxygens (including phenoxy) is 1. The van der Waals surface area contributed by atoms with Crippen LogP contribution in [0.3, 0.4) is 0 Å². The molecule has 1 aliphatic heterocycles. The molecule has 7 nitrogen and oxygen atoms in total. The number of hydrogen-bond donors (Lipinski definition) is 2. The van der Waals surface area contributed by atoms with Gasteiger partial charge in [0.2, 0.25) is 0 Å². The molecule has 170 valence electrons. The highest BCUT2D eigenvalue weighted by Crippen LogP contribution is 2.28. The Morgan fingerprint density at radius 1 is 1.03 bits per heavy atom. The SMILES string of the molecule is O=C(COc1ccc(/C=C2/C(=O)NC(=S)N(c3ccccc3)C2=O)cc1Cl)Nc1ccccc1. The summed E-state index contributed by atoms with van der Waals surface area (Å²) in [5, 5.41) is 5.48. The first kappa shape index (κ1) is 23.2. The molecule has 0 spiro atoms. The third kappa shape index (κ3) is 5.31. The van der Waals surface area contributed by atoms with Crippen molar-refractivity contribution in [3.8, 4) is 5.75 Å². The third-order valence-corrected chi connectivity index (χ3v) is 5.38. The number of amides is 3. The minimum atomic E-state index is -0.601. The fourth-order valence-electron chi connectivity index (χ4n) is 3.22. The number of nitrogens with zero attached hydrogens (tertiary/aromatic N) is 1. The summed E-state index contributed by atoms with van der Waals surface area (Å²) < 4.78 is 5.51. The Kier molecular flexibility index (Phi) is 7.01. The van der Waals surface area contributed by atoms with Gasteiger partial charge in [-0.15, -0.1) is 0 Å². The van der Waals surface area contributed by atoms with E-state index in [4.69, 9.17) is 28.6 Å². The second-order valence-electron chi connectivity index (χ2n) is 7.19. The molecule has 4 rings (SSSR count). The van der Waals surface area contributed by atoms with Crippen LogP contribution in [-0.2, 0) is 14.4 Å². The average molecular weight is 492 g/mol. The van der Waals surface area contributed by atoms with Gasteiger partial charge in [0, 0.05) is 5.69 Å². The number of carbonyl (C=O) groups is 3. The van der Waals surface area contributed by atoms with E-state index in [1.165, 1.54) is 11.0 Å². The van der Waals surface area contributed by atoms with Gasteiger partial charge in [-0.2, -0.15) is 0 Å². The Morgan fingerprint density at radius 2 is 1.71 bits per heavy atom. The van der Waals surface area contributed by atoms with Crippen LogP contribution in [0.25, 0.3) is 6.08 Å². The van der Waals surface area contributed by atoms with Gasteiger partial charge in [-0.3, -0.25) is 24.6 Å². The number of para-hydroxylation sites is 2. The highest BCUT2D eigenvalue weighted by atomic mass is 35.5. The predicted molar refractivity (Wildman–Crippen MR) is 135 cm³/mol. The van der Waals surface area contributed by atoms with E-state index in [9.17, 15) is 14.4 Å². The third-order valence-electron chi connectivity index (χ3n) is 4.80. The van der Waals surface area contributed by atoms with Gasteiger partial charge in [0.05, 0.1) is 10.7 Å². The van der Waals surface area contributed by atoms with Crippen molar-refractivity contribution in [2.24, 2.45) is 0 Å². The standard InChI is InChI=1S/C25H18ClN3O4S/c26-20-14-16(11-12-21(20)33-15-22(30)27-17-7-3-1-4-8-17)13-19-23(31)28-25(34)29(24(19)32)18-9-5-2-6-10-18/h1-14H,15H2,(H,27,30)(H,28,31,34)/b19-13-. The van der Waals surface area contributed by atoms with Crippen LogP contribution < -0.4 is 20.3 Å². The average Bonchev–Trinajstić information content (AvgIpc) is 2.82. The van der Waals surface area contributed by atoms with Gasteiger partial charge in [0.15, 0.2) is 11.7 Å². The molecule has 0 atom stereocenters. The smallest absolute Gasteiger partial charge is 0.270 e. The monoisotopic (exact) mass is 491 g/mol. The molecule has 34 heavy (non-hydrogen) atoms. The van der Waals surface area contributed by atoms with Crippen molar-refractivity contribution in [2.75, 3.05) is 16.8 Å². The molecule has 0 aromatic heterocycles. The van der Waals surface area contributed by atoms with Crippen LogP contribution in [-0.4, -0.2) is 29.4 Å². The van der Waals surface area contributed by atoms with Crippen LogP contribution in [0.15, 0.2) is 84.4 Å². The Morgan fingerprint density at radius 3 is 2.38 bits per heavy atom. The maximum atomic E-state index is 13.0. The molecular formula is C25H18ClN3O4S. The number of rotatable bonds is 6. The van der Waals surface area contributed by atoms with E-state index >= 15 is 0 Å². The van der Waals surface area contributed by atoms with Crippen LogP contribution in [0.1, 0.15) is 5.56 Å². The lowest BCUT2D eigenvalue weighted by molar-refractivity contribution is -0.122. The van der Waals surface area contributed by atoms with E-state index in [1.54, 1.807) is 54.6 Å². The Balaban J connectivity index is 1.48. The highest BCUT2D eigenvalue weighted by molar-refractivity contribution is 7.80. The normalized spacial score (nSPS) is 14.7. The van der Waals surface area contributed by atoms with Gasteiger partial charge in [0.25, 0.3) is 17.7 Å². The predicted octanol–water partition coefficient (Wildman–Crippen LogP) is 4.19. The van der Waals surface area contributed by atoms with Gasteiger partial charge >= 0.3 is 0 Å². The molecule has 9 heteroatoms. The molecule has 0 saturated carbocycles. The van der Waals surface area contributed by atoms with E-state index < -0.39 is 11.8 Å². The number of hydrogen-bond acceptors (Lipinski definition) is 5. The second-order valence-corrected chi connectivity index (χ2v) is 7.98. The first-order valence-electron chi connectivity index (χ1n) is 10.2. The Hall–Kier alpha value is -4.01. The molecular weight excluding hydrogens is 474 g/mol. The minimum absolute atomic E-state index is 0.00825. The summed E-state index contributed by atoms with van der Waals surface area (Å²) in [4.78, 5) is 38.8. The maximum absolute atomic E-state index is 13.0. The Labute approximate surface area is 206 Å². The number of halogens is 1. The van der Waals surface area contributed by atoms with Gasteiger partial charge in [-0.1, -0.05) is 54.1 Å². The van der Waals surface area contributed by atoms with E-state index in [1.807, 2.05) is 24.3 Å². The zero-order chi connectivity index (χ0) is 24.1. The Bertz CT molecular complexity index is 1300. The lowest BCUT2D eigenvalue weighted by atomic mass is 10.1. The summed E-state index contributed by atoms with van der Waals surface area (Å²) >= 11 is 11.5. The molecule has 0 aliphatic carbocycles. The van der Waals surface area contributed by atoms with Gasteiger partial charge in [0.1, 0.15) is 11.3 Å². The topological polar surface area (TPSA) is 87.7 Å². The molecule has 3 aromatic rings. The first-order valence-corrected chi connectivity index (χ1v) is 10.9. The number of carbonyl (C=O) groups excluding carboxylic acids is 3. The van der Waals surface area contributed by atoms with Crippen molar-refractivity contribution in [3.63, 3.8) is 0 Å². The van der Waals surface area contributed by atoms with Crippen molar-refractivity contribution < 1.29 is 19.1 Å². The molecule has 1 aliphatic rings. The maximum Gasteiger partial charge on any atom is 0.270 e. The van der Waals surface area contributed by atoms with E-state index in [0.717, 1.165) is 0 Å². The van der Waals surface area contributed by atoms with Crippen molar-refractivity contribution in [3.05, 3.63) is 95.0 Å². The summed E-state index contributed by atoms with van der Waals surface area (Å²) in [5.41, 5.74) is 1.61. The van der Waals surface area contributed by atoms with E-state index in [-0.39, 0.29) is 28.2 Å². The summed E-state index contributed by atoms with van der Waals surface area (Å²) in [6.45, 7) is -0.237. The molecule has 1 heterocycles. The molecule has 0 bridgehead atoms. The first-order chi connectivity index (χ1) is 16.4. The quantitative estimate of drug-likeness (QED) is 0.307. The van der Waals surface area contributed by atoms with E-state index in [2.05, 4.69) is 10.6 Å². The van der Waals surface area contributed by atoms with Crippen molar-refractivity contribution in [1.29, 1.82) is 0 Å². The van der Waals surface area contributed by atoms with Crippen LogP contribution in [0, 0.1) is 0 Å². The van der Waals surface area contributed by atoms with Gasteiger partial charge in [-0.25, -0.2) is 0 Å². The fourth-order valence-corrected chi connectivity index (χ4v) is 3.75. The zero-order valence-corrected chi connectivity index (χ0v) is 19.2. The summed E-state index contributed by atoms with van der Waals surface area (Å²) in [6.07, 6.45) is 1.42. The zero-order valence-electron chi connectivity index (χ0n) is 17.7. The number of benzene rings is 3. The summed E-state index contributed by atoms with van der Waals surface area (Å²) in [6, 6.07) is 22.5. The van der Waals surface area contributed by atoms with Gasteiger partial charge < -0.3 is 10.1 Å². The van der Waals surface area contributed by atoms with Crippen LogP contribution in [0.2, 0.25) is 5.02 Å². The van der Waals surface area contributed by atoms with Crippen molar-refractivity contribution in [1.82, 2.24) is 5.32 Å². The largest absolute Gasteiger partial charge is 0.482 e. The number of thiocarbonyl (C=S) groups is 1. The molecule has 0 unspecified atom stereocenters. The van der Waals surface area contributed by atoms with Crippen molar-refractivity contribution >= 4 is 64.1 Å². The van der Waals surface area contributed by atoms with Crippen LogP contribution in [0.5, 0.6) is 5.75 Å². The molecule has 2 N–H and O–H groups in total. The number of nitrogens with one attached hydrogen (secondary N) is 2. The highest BCUT2D eigenvalue weighted by Gasteiger charge is 2.34. The summed E-state index contributed by atoms with van der Waals surface area (Å²) in [5.74, 6) is -1.20. The van der Waals surface area contributed by atoms with Gasteiger partial charge in [-0.05, 0) is 60.3 Å². The lowest BCUT2D eigenvalue weighted by Gasteiger charge is -2.28. The van der Waals surface area contributed by atoms with E-state index in [0.29, 0.717) is 22.7 Å². The molecule has 1 saturated heterocycles. The molecule has 1 fully saturated rings. The number of anilines is 2. The van der Waals surface area contributed by atoms with Crippen LogP contribution in [0.4, 0.5) is 11.4 Å². The van der Waals surface area contributed by atoms with Crippen molar-refractivity contribution in [2.45, 2.75) is 0 Å². The molecule has 3 aromatic carbocycles. The summed E-state index contributed by atoms with van der Waals surface area (Å²) in [7, 11) is 0. The molecule has 0 radical (unpaired) electrons. The minimum Gasteiger partial charge on any atom is -0.482 e. The molecule has 3 amide bonds. The second kappa shape index (κ2) is 10.3. The fraction of sp³-hybridized carbons (Fsp3) is 0.0400. The van der Waals surface area contributed by atoms with Crippen LogP contribution >= 0.6 is 23.8 Å².